The summed E-state index contributed by atoms with van der Waals surface area (Å²) in [6.45, 7) is 11.9. The van der Waals surface area contributed by atoms with Gasteiger partial charge in [-0.25, -0.2) is 0 Å². The molecule has 3 unspecified atom stereocenters. The lowest BCUT2D eigenvalue weighted by atomic mass is 9.99. The third-order valence-corrected chi connectivity index (χ3v) is 4.83. The first kappa shape index (κ1) is 16.7. The van der Waals surface area contributed by atoms with Gasteiger partial charge < -0.3 is 9.64 Å². The predicted molar refractivity (Wildman–Crippen MR) is 84.0 cm³/mol. The minimum atomic E-state index is 0.0104. The number of ether oxygens (including phenoxy) is 1. The van der Waals surface area contributed by atoms with E-state index in [0.717, 1.165) is 58.7 Å². The van der Waals surface area contributed by atoms with Crippen molar-refractivity contribution in [2.45, 2.75) is 52.2 Å². The van der Waals surface area contributed by atoms with Crippen molar-refractivity contribution in [3.8, 4) is 0 Å². The molecule has 0 saturated carbocycles. The van der Waals surface area contributed by atoms with Gasteiger partial charge >= 0.3 is 0 Å². The van der Waals surface area contributed by atoms with E-state index >= 15 is 0 Å². The number of nitrogens with one attached hydrogen (secondary N) is 1. The van der Waals surface area contributed by atoms with Crippen LogP contribution in [-0.4, -0.2) is 67.3 Å². The van der Waals surface area contributed by atoms with E-state index < -0.39 is 0 Å². The summed E-state index contributed by atoms with van der Waals surface area (Å²) < 4.78 is 5.38. The molecule has 2 aliphatic rings. The first-order valence-electron chi connectivity index (χ1n) is 8.54. The zero-order chi connectivity index (χ0) is 15.2. The largest absolute Gasteiger partial charge is 0.379 e. The standard InChI is InChI=1S/C16H31N3O2/c1-4-6-14-17-15(13(3)5-2)16(20)19(14)8-7-18-9-11-21-12-10-18/h13-15,17H,4-12H2,1-3H3. The molecule has 0 spiro atoms. The second kappa shape index (κ2) is 8.11. The van der Waals surface area contributed by atoms with Crippen LogP contribution in [-0.2, 0) is 9.53 Å². The molecule has 122 valence electrons. The highest BCUT2D eigenvalue weighted by atomic mass is 16.5. The van der Waals surface area contributed by atoms with Gasteiger partial charge in [0.1, 0.15) is 0 Å². The molecule has 2 aliphatic heterocycles. The Bertz CT molecular complexity index is 331. The molecule has 0 aromatic heterocycles. The Labute approximate surface area is 129 Å². The van der Waals surface area contributed by atoms with Crippen molar-refractivity contribution in [2.24, 2.45) is 5.92 Å². The number of carbonyl (C=O) groups is 1. The van der Waals surface area contributed by atoms with Crippen molar-refractivity contribution >= 4 is 5.91 Å². The van der Waals surface area contributed by atoms with Crippen LogP contribution in [0, 0.1) is 5.92 Å². The van der Waals surface area contributed by atoms with Crippen molar-refractivity contribution in [3.63, 3.8) is 0 Å². The van der Waals surface area contributed by atoms with Crippen LogP contribution in [0.1, 0.15) is 40.0 Å². The van der Waals surface area contributed by atoms with Gasteiger partial charge in [-0.3, -0.25) is 15.0 Å². The van der Waals surface area contributed by atoms with Crippen LogP contribution in [0.4, 0.5) is 0 Å². The molecule has 0 aliphatic carbocycles. The minimum absolute atomic E-state index is 0.0104. The Hall–Kier alpha value is -0.650. The third-order valence-electron chi connectivity index (χ3n) is 4.83. The van der Waals surface area contributed by atoms with E-state index in [-0.39, 0.29) is 12.2 Å². The van der Waals surface area contributed by atoms with Crippen LogP contribution in [0.25, 0.3) is 0 Å². The van der Waals surface area contributed by atoms with Crippen LogP contribution >= 0.6 is 0 Å². The number of rotatable bonds is 7. The van der Waals surface area contributed by atoms with Crippen molar-refractivity contribution in [2.75, 3.05) is 39.4 Å². The summed E-state index contributed by atoms with van der Waals surface area (Å²) in [6.07, 6.45) is 3.41. The Morgan fingerprint density at radius 1 is 1.29 bits per heavy atom. The van der Waals surface area contributed by atoms with Gasteiger partial charge in [0.25, 0.3) is 0 Å². The highest BCUT2D eigenvalue weighted by molar-refractivity contribution is 5.84. The maximum atomic E-state index is 12.7. The Morgan fingerprint density at radius 2 is 2.00 bits per heavy atom. The zero-order valence-corrected chi connectivity index (χ0v) is 13.8. The normalized spacial score (nSPS) is 29.1. The van der Waals surface area contributed by atoms with E-state index in [1.54, 1.807) is 0 Å². The predicted octanol–water partition coefficient (Wildman–Crippen LogP) is 1.29. The van der Waals surface area contributed by atoms with Gasteiger partial charge in [-0.1, -0.05) is 33.6 Å². The number of morpholine rings is 1. The number of hydrogen-bond donors (Lipinski definition) is 1. The summed E-state index contributed by atoms with van der Waals surface area (Å²) in [6, 6.07) is 0.0104. The second-order valence-electron chi connectivity index (χ2n) is 6.32. The summed E-state index contributed by atoms with van der Waals surface area (Å²) >= 11 is 0. The molecule has 2 saturated heterocycles. The molecule has 2 rings (SSSR count). The quantitative estimate of drug-likeness (QED) is 0.769. The molecule has 5 nitrogen and oxygen atoms in total. The maximum absolute atomic E-state index is 12.7. The van der Waals surface area contributed by atoms with Crippen LogP contribution in [0.15, 0.2) is 0 Å². The number of nitrogens with zero attached hydrogens (tertiary/aromatic N) is 2. The summed E-state index contributed by atoms with van der Waals surface area (Å²) in [5, 5.41) is 3.56. The molecule has 21 heavy (non-hydrogen) atoms. The Balaban J connectivity index is 1.91. The smallest absolute Gasteiger partial charge is 0.241 e. The van der Waals surface area contributed by atoms with E-state index in [0.29, 0.717) is 11.8 Å². The number of carbonyl (C=O) groups excluding carboxylic acids is 1. The fourth-order valence-electron chi connectivity index (χ4n) is 3.20. The third kappa shape index (κ3) is 4.18. The highest BCUT2D eigenvalue weighted by Crippen LogP contribution is 2.21. The number of hydrogen-bond acceptors (Lipinski definition) is 4. The summed E-state index contributed by atoms with van der Waals surface area (Å²) in [5.74, 6) is 0.710. The summed E-state index contributed by atoms with van der Waals surface area (Å²) in [4.78, 5) is 17.2. The summed E-state index contributed by atoms with van der Waals surface area (Å²) in [5.41, 5.74) is 0. The molecular weight excluding hydrogens is 266 g/mol. The Kier molecular flexibility index (Phi) is 6.45. The van der Waals surface area contributed by atoms with Crippen molar-refractivity contribution < 1.29 is 9.53 Å². The molecule has 2 fully saturated rings. The van der Waals surface area contributed by atoms with E-state index in [9.17, 15) is 4.79 Å². The van der Waals surface area contributed by atoms with Gasteiger partial charge in [0.05, 0.1) is 25.4 Å². The minimum Gasteiger partial charge on any atom is -0.379 e. The van der Waals surface area contributed by atoms with Crippen LogP contribution in [0.2, 0.25) is 0 Å². The van der Waals surface area contributed by atoms with Crippen LogP contribution < -0.4 is 5.32 Å². The first-order chi connectivity index (χ1) is 10.2. The molecule has 0 bridgehead atoms. The van der Waals surface area contributed by atoms with Gasteiger partial charge in [-0.2, -0.15) is 0 Å². The fourth-order valence-corrected chi connectivity index (χ4v) is 3.20. The fraction of sp³-hybridized carbons (Fsp3) is 0.938. The van der Waals surface area contributed by atoms with Gasteiger partial charge in [-0.15, -0.1) is 0 Å². The van der Waals surface area contributed by atoms with Gasteiger partial charge in [-0.05, 0) is 12.3 Å². The molecule has 2 heterocycles. The van der Waals surface area contributed by atoms with Gasteiger partial charge in [0.2, 0.25) is 5.91 Å². The van der Waals surface area contributed by atoms with Crippen LogP contribution in [0.5, 0.6) is 0 Å². The molecule has 5 heteroatoms. The van der Waals surface area contributed by atoms with E-state index in [1.165, 1.54) is 0 Å². The van der Waals surface area contributed by atoms with Crippen molar-refractivity contribution in [3.05, 3.63) is 0 Å². The van der Waals surface area contributed by atoms with Gasteiger partial charge in [0, 0.05) is 26.2 Å². The molecule has 0 aromatic carbocycles. The average Bonchev–Trinajstić information content (AvgIpc) is 2.82. The first-order valence-corrected chi connectivity index (χ1v) is 8.54. The lowest BCUT2D eigenvalue weighted by Gasteiger charge is -2.30. The molecular formula is C16H31N3O2. The second-order valence-corrected chi connectivity index (χ2v) is 6.32. The van der Waals surface area contributed by atoms with E-state index in [1.807, 2.05) is 0 Å². The molecule has 1 N–H and O–H groups in total. The Morgan fingerprint density at radius 3 is 2.62 bits per heavy atom. The SMILES string of the molecule is CCCC1NC(C(C)CC)C(=O)N1CCN1CCOCC1. The molecule has 1 amide bonds. The number of amides is 1. The molecule has 0 radical (unpaired) electrons. The van der Waals surface area contributed by atoms with Crippen molar-refractivity contribution in [1.82, 2.24) is 15.1 Å². The topological polar surface area (TPSA) is 44.8 Å². The molecule has 0 aromatic rings. The van der Waals surface area contributed by atoms with Crippen molar-refractivity contribution in [1.29, 1.82) is 0 Å². The monoisotopic (exact) mass is 297 g/mol. The van der Waals surface area contributed by atoms with E-state index in [4.69, 9.17) is 4.74 Å². The lowest BCUT2D eigenvalue weighted by Crippen LogP contribution is -2.45. The summed E-state index contributed by atoms with van der Waals surface area (Å²) in [7, 11) is 0. The maximum Gasteiger partial charge on any atom is 0.241 e. The lowest BCUT2D eigenvalue weighted by molar-refractivity contribution is -0.131. The van der Waals surface area contributed by atoms with E-state index in [2.05, 4.69) is 35.9 Å². The average molecular weight is 297 g/mol. The molecule has 3 atom stereocenters. The van der Waals surface area contributed by atoms with Crippen LogP contribution in [0.3, 0.4) is 0 Å². The highest BCUT2D eigenvalue weighted by Gasteiger charge is 2.40. The van der Waals surface area contributed by atoms with Gasteiger partial charge in [0.15, 0.2) is 0 Å². The zero-order valence-electron chi connectivity index (χ0n) is 13.8.